The van der Waals surface area contributed by atoms with Crippen molar-refractivity contribution in [1.29, 1.82) is 0 Å². The number of nitrogens with two attached hydrogens (primary N) is 1. The van der Waals surface area contributed by atoms with Crippen LogP contribution in [0.4, 0.5) is 0 Å². The van der Waals surface area contributed by atoms with Crippen molar-refractivity contribution < 1.29 is 5.11 Å². The topological polar surface area (TPSA) is 46.2 Å². The third-order valence-corrected chi connectivity index (χ3v) is 4.77. The number of aliphatic hydroxyl groups excluding tert-OH is 1. The first-order chi connectivity index (χ1) is 5.54. The lowest BCUT2D eigenvalue weighted by molar-refractivity contribution is 0.0344. The van der Waals surface area contributed by atoms with Gasteiger partial charge in [0.05, 0.1) is 6.61 Å². The van der Waals surface area contributed by atoms with Crippen LogP contribution in [0.15, 0.2) is 0 Å². The van der Waals surface area contributed by atoms with Gasteiger partial charge in [0.15, 0.2) is 0 Å². The summed E-state index contributed by atoms with van der Waals surface area (Å²) in [6.45, 7) is 4.82. The highest BCUT2D eigenvalue weighted by atomic mass is 16.3. The van der Waals surface area contributed by atoms with E-state index in [0.717, 1.165) is 18.8 Å². The van der Waals surface area contributed by atoms with Gasteiger partial charge in [0, 0.05) is 11.5 Å². The minimum atomic E-state index is 0.0394. The first-order valence-electron chi connectivity index (χ1n) is 4.91. The molecule has 0 heterocycles. The Bertz CT molecular complexity index is 202. The smallest absolute Gasteiger partial charge is 0.0507 e. The van der Waals surface area contributed by atoms with Crippen molar-refractivity contribution >= 4 is 0 Å². The molecule has 0 aliphatic heterocycles. The van der Waals surface area contributed by atoms with Crippen molar-refractivity contribution in [3.8, 4) is 0 Å². The van der Waals surface area contributed by atoms with E-state index in [9.17, 15) is 5.11 Å². The van der Waals surface area contributed by atoms with Gasteiger partial charge in [-0.05, 0) is 30.6 Å². The van der Waals surface area contributed by atoms with E-state index in [1.807, 2.05) is 0 Å². The van der Waals surface area contributed by atoms with Crippen LogP contribution in [0.5, 0.6) is 0 Å². The van der Waals surface area contributed by atoms with E-state index < -0.39 is 0 Å². The summed E-state index contributed by atoms with van der Waals surface area (Å²) in [5.74, 6) is 0.750. The minimum absolute atomic E-state index is 0.0394. The van der Waals surface area contributed by atoms with E-state index in [1.54, 1.807) is 0 Å². The van der Waals surface area contributed by atoms with Gasteiger partial charge in [-0.2, -0.15) is 0 Å². The molecule has 2 saturated carbocycles. The van der Waals surface area contributed by atoms with E-state index in [1.165, 1.54) is 6.42 Å². The van der Waals surface area contributed by atoms with Crippen LogP contribution in [0.25, 0.3) is 0 Å². The molecule has 2 rings (SSSR count). The summed E-state index contributed by atoms with van der Waals surface area (Å²) in [5.41, 5.74) is 6.39. The number of hydrogen-bond acceptors (Lipinski definition) is 2. The van der Waals surface area contributed by atoms with Crippen molar-refractivity contribution in [2.24, 2.45) is 22.5 Å². The molecule has 2 bridgehead atoms. The Balaban J connectivity index is 2.39. The fraction of sp³-hybridized carbons (Fsp3) is 1.00. The molecule has 3 atom stereocenters. The monoisotopic (exact) mass is 169 g/mol. The summed E-state index contributed by atoms with van der Waals surface area (Å²) in [7, 11) is 0. The Morgan fingerprint density at radius 1 is 1.50 bits per heavy atom. The fourth-order valence-electron chi connectivity index (χ4n) is 3.53. The molecule has 0 aromatic rings. The van der Waals surface area contributed by atoms with Crippen LogP contribution in [-0.4, -0.2) is 17.8 Å². The summed E-state index contributed by atoms with van der Waals surface area (Å²) >= 11 is 0. The third kappa shape index (κ3) is 0.686. The van der Waals surface area contributed by atoms with Crippen LogP contribution in [-0.2, 0) is 0 Å². The van der Waals surface area contributed by atoms with Gasteiger partial charge in [-0.3, -0.25) is 0 Å². The summed E-state index contributed by atoms with van der Waals surface area (Å²) in [4.78, 5) is 0. The summed E-state index contributed by atoms with van der Waals surface area (Å²) in [6.07, 6.45) is 3.51. The van der Waals surface area contributed by atoms with E-state index in [4.69, 9.17) is 5.73 Å². The number of aliphatic hydroxyl groups is 1. The van der Waals surface area contributed by atoms with Crippen molar-refractivity contribution in [3.05, 3.63) is 0 Å². The molecule has 2 aliphatic rings. The SMILES string of the molecule is CC1(C)[C@H]2CC[C@@]1(CO)[C@H](N)C2. The molecular weight excluding hydrogens is 150 g/mol. The molecule has 0 unspecified atom stereocenters. The zero-order valence-electron chi connectivity index (χ0n) is 8.01. The largest absolute Gasteiger partial charge is 0.396 e. The van der Waals surface area contributed by atoms with Crippen LogP contribution >= 0.6 is 0 Å². The van der Waals surface area contributed by atoms with Gasteiger partial charge in [-0.25, -0.2) is 0 Å². The second-order valence-corrected chi connectivity index (χ2v) is 5.11. The maximum Gasteiger partial charge on any atom is 0.0507 e. The van der Waals surface area contributed by atoms with E-state index in [2.05, 4.69) is 13.8 Å². The fourth-order valence-corrected chi connectivity index (χ4v) is 3.53. The van der Waals surface area contributed by atoms with Gasteiger partial charge >= 0.3 is 0 Å². The third-order valence-electron chi connectivity index (χ3n) is 4.77. The highest BCUT2D eigenvalue weighted by molar-refractivity contribution is 5.13. The van der Waals surface area contributed by atoms with Gasteiger partial charge in [-0.1, -0.05) is 13.8 Å². The molecule has 3 N–H and O–H groups in total. The van der Waals surface area contributed by atoms with Gasteiger partial charge in [-0.15, -0.1) is 0 Å². The molecule has 0 aromatic heterocycles. The van der Waals surface area contributed by atoms with E-state index in [0.29, 0.717) is 0 Å². The minimum Gasteiger partial charge on any atom is -0.396 e. The van der Waals surface area contributed by atoms with Crippen molar-refractivity contribution in [2.45, 2.75) is 39.2 Å². The highest BCUT2D eigenvalue weighted by Crippen LogP contribution is 2.64. The zero-order valence-corrected chi connectivity index (χ0v) is 8.01. The van der Waals surface area contributed by atoms with Crippen LogP contribution in [0.3, 0.4) is 0 Å². The Labute approximate surface area is 74.1 Å². The molecule has 0 amide bonds. The quantitative estimate of drug-likeness (QED) is 0.618. The molecular formula is C10H19NO. The standard InChI is InChI=1S/C10H19NO/c1-9(2)7-3-4-10(9,6-12)8(11)5-7/h7-8,12H,3-6,11H2,1-2H3/t7-,8+,10+/m0/s1. The summed E-state index contributed by atoms with van der Waals surface area (Å²) in [6, 6.07) is 0.233. The molecule has 70 valence electrons. The Morgan fingerprint density at radius 2 is 2.17 bits per heavy atom. The van der Waals surface area contributed by atoms with Crippen LogP contribution in [0.2, 0.25) is 0 Å². The Kier molecular flexibility index (Phi) is 1.59. The van der Waals surface area contributed by atoms with E-state index >= 15 is 0 Å². The maximum absolute atomic E-state index is 9.47. The highest BCUT2D eigenvalue weighted by Gasteiger charge is 2.62. The molecule has 2 nitrogen and oxygen atoms in total. The molecule has 0 aromatic carbocycles. The molecule has 2 heteroatoms. The summed E-state index contributed by atoms with van der Waals surface area (Å²) < 4.78 is 0. The Morgan fingerprint density at radius 3 is 2.42 bits per heavy atom. The zero-order chi connectivity index (χ0) is 8.98. The molecule has 0 spiro atoms. The first kappa shape index (κ1) is 8.52. The van der Waals surface area contributed by atoms with Gasteiger partial charge in [0.25, 0.3) is 0 Å². The predicted octanol–water partition coefficient (Wildman–Crippen LogP) is 1.13. The molecule has 0 saturated heterocycles. The van der Waals surface area contributed by atoms with Gasteiger partial charge < -0.3 is 10.8 Å². The number of fused-ring (bicyclic) bond motifs is 2. The number of rotatable bonds is 1. The van der Waals surface area contributed by atoms with Crippen LogP contribution in [0, 0.1) is 16.7 Å². The predicted molar refractivity (Wildman–Crippen MR) is 48.6 cm³/mol. The average molecular weight is 169 g/mol. The van der Waals surface area contributed by atoms with Gasteiger partial charge in [0.2, 0.25) is 0 Å². The number of hydrogen-bond donors (Lipinski definition) is 2. The van der Waals surface area contributed by atoms with Crippen LogP contribution in [0.1, 0.15) is 33.1 Å². The van der Waals surface area contributed by atoms with Crippen molar-refractivity contribution in [3.63, 3.8) is 0 Å². The lowest BCUT2D eigenvalue weighted by Gasteiger charge is -2.39. The molecule has 2 aliphatic carbocycles. The van der Waals surface area contributed by atoms with Crippen molar-refractivity contribution in [2.75, 3.05) is 6.61 Å². The molecule has 0 radical (unpaired) electrons. The second kappa shape index (κ2) is 2.24. The second-order valence-electron chi connectivity index (χ2n) is 5.11. The van der Waals surface area contributed by atoms with Crippen LogP contribution < -0.4 is 5.73 Å². The Hall–Kier alpha value is -0.0800. The lowest BCUT2D eigenvalue weighted by Crippen LogP contribution is -2.46. The summed E-state index contributed by atoms with van der Waals surface area (Å²) in [5, 5.41) is 9.47. The first-order valence-corrected chi connectivity index (χ1v) is 4.91. The molecule has 12 heavy (non-hydrogen) atoms. The molecule has 2 fully saturated rings. The van der Waals surface area contributed by atoms with Crippen molar-refractivity contribution in [1.82, 2.24) is 0 Å². The lowest BCUT2D eigenvalue weighted by atomic mass is 9.68. The maximum atomic E-state index is 9.47. The van der Waals surface area contributed by atoms with Gasteiger partial charge in [0.1, 0.15) is 0 Å². The average Bonchev–Trinajstić information content (AvgIpc) is 2.36. The van der Waals surface area contributed by atoms with E-state index in [-0.39, 0.29) is 23.5 Å². The normalized spacial score (nSPS) is 50.0.